The molecule has 32 heavy (non-hydrogen) atoms. The number of nitrogens with zero attached hydrogens (tertiary/aromatic N) is 5. The second kappa shape index (κ2) is 8.23. The summed E-state index contributed by atoms with van der Waals surface area (Å²) in [6.07, 6.45) is 2.01. The minimum Gasteiger partial charge on any atom is -0.373 e. The Bertz CT molecular complexity index is 1310. The Balaban J connectivity index is 1.72. The Morgan fingerprint density at radius 3 is 2.81 bits per heavy atom. The molecule has 164 valence electrons. The number of fused-ring (bicyclic) bond motifs is 1. The zero-order chi connectivity index (χ0) is 23.0. The summed E-state index contributed by atoms with van der Waals surface area (Å²) in [5.41, 5.74) is 8.84. The third-order valence-electron chi connectivity index (χ3n) is 5.82. The highest BCUT2D eigenvalue weighted by molar-refractivity contribution is 6.00. The number of imidazole rings is 1. The molecular formula is C23H25N7O2. The van der Waals surface area contributed by atoms with Crippen LogP contribution in [0.2, 0.25) is 0 Å². The van der Waals surface area contributed by atoms with E-state index in [4.69, 9.17) is 5.73 Å². The van der Waals surface area contributed by atoms with Gasteiger partial charge in [-0.1, -0.05) is 12.5 Å². The number of hydrogen-bond acceptors (Lipinski definition) is 5. The van der Waals surface area contributed by atoms with Gasteiger partial charge in [0.1, 0.15) is 17.2 Å². The van der Waals surface area contributed by atoms with Crippen molar-refractivity contribution in [1.29, 1.82) is 0 Å². The number of hydrogen-bond donors (Lipinski definition) is 2. The Morgan fingerprint density at radius 1 is 1.34 bits per heavy atom. The fourth-order valence-corrected chi connectivity index (χ4v) is 4.06. The van der Waals surface area contributed by atoms with E-state index < -0.39 is 5.91 Å². The molecule has 9 nitrogen and oxygen atoms in total. The van der Waals surface area contributed by atoms with Crippen LogP contribution in [-0.4, -0.2) is 56.2 Å². The number of carbonyl (C=O) groups excluding carboxylic acids is 2. The zero-order valence-electron chi connectivity index (χ0n) is 18.3. The van der Waals surface area contributed by atoms with Gasteiger partial charge in [-0.05, 0) is 43.5 Å². The van der Waals surface area contributed by atoms with Gasteiger partial charge in [0.05, 0.1) is 17.1 Å². The largest absolute Gasteiger partial charge is 0.373 e. The van der Waals surface area contributed by atoms with Gasteiger partial charge in [-0.25, -0.2) is 9.67 Å². The van der Waals surface area contributed by atoms with Crippen molar-refractivity contribution >= 4 is 28.7 Å². The van der Waals surface area contributed by atoms with E-state index in [0.717, 1.165) is 22.4 Å². The maximum absolute atomic E-state index is 12.2. The Kier molecular flexibility index (Phi) is 5.45. The fourth-order valence-electron chi connectivity index (χ4n) is 4.06. The van der Waals surface area contributed by atoms with Crippen molar-refractivity contribution in [3.05, 3.63) is 53.5 Å². The van der Waals surface area contributed by atoms with Crippen LogP contribution in [0, 0.1) is 18.8 Å². The van der Waals surface area contributed by atoms with E-state index in [1.54, 1.807) is 16.6 Å². The first-order valence-electron chi connectivity index (χ1n) is 10.3. The third-order valence-corrected chi connectivity index (χ3v) is 5.82. The number of nitrogens with two attached hydrogens (primary N) is 1. The average molecular weight is 432 g/mol. The third kappa shape index (κ3) is 3.60. The first-order valence-corrected chi connectivity index (χ1v) is 10.3. The van der Waals surface area contributed by atoms with Gasteiger partial charge >= 0.3 is 0 Å². The van der Waals surface area contributed by atoms with Gasteiger partial charge in [0.15, 0.2) is 5.69 Å². The molecule has 9 heteroatoms. The molecule has 0 saturated carbocycles. The zero-order valence-corrected chi connectivity index (χ0v) is 18.3. The molecule has 1 atom stereocenters. The molecule has 0 unspecified atom stereocenters. The van der Waals surface area contributed by atoms with Crippen molar-refractivity contribution < 1.29 is 9.59 Å². The summed E-state index contributed by atoms with van der Waals surface area (Å²) in [4.78, 5) is 30.5. The van der Waals surface area contributed by atoms with Crippen molar-refractivity contribution in [2.24, 2.45) is 12.8 Å². The predicted molar refractivity (Wildman–Crippen MR) is 122 cm³/mol. The smallest absolute Gasteiger partial charge is 0.255 e. The number of carbonyl (C=O) groups is 2. The molecule has 3 N–H and O–H groups in total. The van der Waals surface area contributed by atoms with Crippen LogP contribution in [0.4, 0.5) is 5.82 Å². The lowest BCUT2D eigenvalue weighted by atomic mass is 10.1. The van der Waals surface area contributed by atoms with Crippen molar-refractivity contribution in [2.75, 3.05) is 25.5 Å². The van der Waals surface area contributed by atoms with E-state index in [-0.39, 0.29) is 17.5 Å². The summed E-state index contributed by atoms with van der Waals surface area (Å²) in [5, 5.41) is 7.62. The lowest BCUT2D eigenvalue weighted by Gasteiger charge is -2.16. The van der Waals surface area contributed by atoms with Crippen LogP contribution in [0.5, 0.6) is 0 Å². The van der Waals surface area contributed by atoms with E-state index in [1.165, 1.54) is 6.08 Å². The normalized spacial score (nSPS) is 15.5. The molecule has 0 spiro atoms. The number of rotatable bonds is 4. The molecule has 0 bridgehead atoms. The summed E-state index contributed by atoms with van der Waals surface area (Å²) >= 11 is 0. The molecule has 2 amide bonds. The van der Waals surface area contributed by atoms with Crippen LogP contribution in [0.15, 0.2) is 30.9 Å². The number of aryl methyl sites for hydroxylation is 2. The Hall–Kier alpha value is -4.06. The summed E-state index contributed by atoms with van der Waals surface area (Å²) in [6, 6.07) is 5.69. The first-order chi connectivity index (χ1) is 15.3. The van der Waals surface area contributed by atoms with Gasteiger partial charge < -0.3 is 20.5 Å². The molecule has 3 heterocycles. The molecule has 1 saturated heterocycles. The lowest BCUT2D eigenvalue weighted by molar-refractivity contribution is -0.125. The van der Waals surface area contributed by atoms with Crippen molar-refractivity contribution in [3.63, 3.8) is 0 Å². The van der Waals surface area contributed by atoms with Gasteiger partial charge in [-0.2, -0.15) is 5.10 Å². The molecule has 0 radical (unpaired) electrons. The van der Waals surface area contributed by atoms with Crippen LogP contribution in [0.25, 0.3) is 11.0 Å². The number of benzene rings is 1. The van der Waals surface area contributed by atoms with E-state index in [9.17, 15) is 9.59 Å². The van der Waals surface area contributed by atoms with Crippen LogP contribution >= 0.6 is 0 Å². The first kappa shape index (κ1) is 21.2. The number of likely N-dealkylation sites (tertiary alicyclic amines) is 1. The van der Waals surface area contributed by atoms with Crippen molar-refractivity contribution in [2.45, 2.75) is 19.4 Å². The SMILES string of the molecule is C=CC(=O)N1CC[C@H](n2nc(C#Cc3ccc4c(c3)nc(C)n4C)c(C(N)=O)c2NC)C1. The second-order valence-electron chi connectivity index (χ2n) is 7.73. The van der Waals surface area contributed by atoms with Gasteiger partial charge in [-0.3, -0.25) is 9.59 Å². The Morgan fingerprint density at radius 2 is 2.12 bits per heavy atom. The minimum atomic E-state index is -0.613. The summed E-state index contributed by atoms with van der Waals surface area (Å²) in [5.74, 6) is 6.76. The number of anilines is 1. The Labute approximate surface area is 185 Å². The number of primary amides is 1. The molecule has 0 aliphatic carbocycles. The van der Waals surface area contributed by atoms with Crippen LogP contribution in [-0.2, 0) is 11.8 Å². The number of amides is 2. The van der Waals surface area contributed by atoms with Gasteiger partial charge in [0, 0.05) is 32.7 Å². The van der Waals surface area contributed by atoms with E-state index in [0.29, 0.717) is 31.0 Å². The minimum absolute atomic E-state index is 0.0946. The highest BCUT2D eigenvalue weighted by atomic mass is 16.2. The maximum atomic E-state index is 12.2. The quantitative estimate of drug-likeness (QED) is 0.481. The molecule has 4 rings (SSSR count). The fraction of sp³-hybridized carbons (Fsp3) is 0.304. The van der Waals surface area contributed by atoms with Gasteiger partial charge in [0.2, 0.25) is 5.91 Å². The van der Waals surface area contributed by atoms with Gasteiger partial charge in [0.25, 0.3) is 5.91 Å². The molecule has 1 aliphatic rings. The predicted octanol–water partition coefficient (Wildman–Crippen LogP) is 1.58. The van der Waals surface area contributed by atoms with Crippen LogP contribution in [0.1, 0.15) is 39.9 Å². The standard InChI is InChI=1S/C23H25N7O2/c1-5-20(31)29-11-10-16(13-29)30-23(25-3)21(22(24)32)17(27-30)8-6-15-7-9-19-18(12-15)26-14(2)28(19)4/h5,7,9,12,16,25H,1,10-11,13H2,2-4H3,(H2,24,32)/t16-/m0/s1. The second-order valence-corrected chi connectivity index (χ2v) is 7.73. The molecular weight excluding hydrogens is 406 g/mol. The number of aromatic nitrogens is 4. The van der Waals surface area contributed by atoms with Crippen LogP contribution < -0.4 is 11.1 Å². The molecule has 1 aromatic carbocycles. The monoisotopic (exact) mass is 431 g/mol. The molecule has 2 aromatic heterocycles. The lowest BCUT2D eigenvalue weighted by Crippen LogP contribution is -2.27. The van der Waals surface area contributed by atoms with E-state index in [1.807, 2.05) is 36.7 Å². The molecule has 3 aromatic rings. The highest BCUT2D eigenvalue weighted by Gasteiger charge is 2.31. The summed E-state index contributed by atoms with van der Waals surface area (Å²) < 4.78 is 3.73. The highest BCUT2D eigenvalue weighted by Crippen LogP contribution is 2.29. The van der Waals surface area contributed by atoms with Gasteiger partial charge in [-0.15, -0.1) is 0 Å². The average Bonchev–Trinajstić information content (AvgIpc) is 3.47. The van der Waals surface area contributed by atoms with Crippen molar-refractivity contribution in [1.82, 2.24) is 24.2 Å². The maximum Gasteiger partial charge on any atom is 0.255 e. The number of nitrogens with one attached hydrogen (secondary N) is 1. The molecule has 1 aliphatic heterocycles. The van der Waals surface area contributed by atoms with E-state index >= 15 is 0 Å². The van der Waals surface area contributed by atoms with Crippen LogP contribution in [0.3, 0.4) is 0 Å². The summed E-state index contributed by atoms with van der Waals surface area (Å²) in [6.45, 7) is 6.56. The molecule has 1 fully saturated rings. The topological polar surface area (TPSA) is 111 Å². The van der Waals surface area contributed by atoms with E-state index in [2.05, 4.69) is 33.8 Å². The van der Waals surface area contributed by atoms with Crippen molar-refractivity contribution in [3.8, 4) is 11.8 Å². The summed E-state index contributed by atoms with van der Waals surface area (Å²) in [7, 11) is 3.67.